The van der Waals surface area contributed by atoms with Crippen LogP contribution in [0.5, 0.6) is 0 Å². The van der Waals surface area contributed by atoms with Crippen LogP contribution in [0.25, 0.3) is 11.3 Å². The number of nitrogen functional groups attached to an aromatic ring is 2. The van der Waals surface area contributed by atoms with Gasteiger partial charge in [0.15, 0.2) is 0 Å². The Morgan fingerprint density at radius 3 is 2.35 bits per heavy atom. The normalized spacial score (nSPS) is 10.5. The molecule has 0 bridgehead atoms. The minimum atomic E-state index is 0.194. The Labute approximate surface area is 152 Å². The minimum Gasteiger partial charge on any atom is -0.399 e. The van der Waals surface area contributed by atoms with Gasteiger partial charge in [0.2, 0.25) is 0 Å². The topological polar surface area (TPSA) is 114 Å². The number of anilines is 2. The molecule has 0 spiro atoms. The van der Waals surface area contributed by atoms with Crippen molar-refractivity contribution in [2.24, 2.45) is 0 Å². The highest BCUT2D eigenvalue weighted by Gasteiger charge is 2.14. The van der Waals surface area contributed by atoms with Crippen molar-refractivity contribution in [3.63, 3.8) is 0 Å². The fraction of sp³-hybridized carbons (Fsp3) is 0.200. The van der Waals surface area contributed by atoms with Crippen molar-refractivity contribution in [1.29, 1.82) is 5.26 Å². The lowest BCUT2D eigenvalue weighted by molar-refractivity contribution is 0.828. The summed E-state index contributed by atoms with van der Waals surface area (Å²) < 4.78 is 0. The molecule has 0 aliphatic heterocycles. The first-order valence-corrected chi connectivity index (χ1v) is 8.48. The monoisotopic (exact) mass is 344 g/mol. The zero-order valence-electron chi connectivity index (χ0n) is 14.6. The van der Waals surface area contributed by atoms with Crippen molar-refractivity contribution in [3.8, 4) is 17.3 Å². The van der Waals surface area contributed by atoms with Crippen LogP contribution in [-0.4, -0.2) is 15.0 Å². The summed E-state index contributed by atoms with van der Waals surface area (Å²) in [5.41, 5.74) is 16.0. The van der Waals surface area contributed by atoms with E-state index in [4.69, 9.17) is 11.5 Å². The van der Waals surface area contributed by atoms with Gasteiger partial charge in [0.05, 0.1) is 5.69 Å². The van der Waals surface area contributed by atoms with E-state index in [1.165, 1.54) is 0 Å². The van der Waals surface area contributed by atoms with Crippen LogP contribution in [0, 0.1) is 11.3 Å². The van der Waals surface area contributed by atoms with Gasteiger partial charge in [-0.15, -0.1) is 0 Å². The van der Waals surface area contributed by atoms with Gasteiger partial charge in [-0.2, -0.15) is 5.26 Å². The van der Waals surface area contributed by atoms with Gasteiger partial charge in [-0.25, -0.2) is 9.97 Å². The lowest BCUT2D eigenvalue weighted by atomic mass is 10.1. The summed E-state index contributed by atoms with van der Waals surface area (Å²) >= 11 is 0. The smallest absolute Gasteiger partial charge is 0.145 e. The molecule has 6 heteroatoms. The van der Waals surface area contributed by atoms with Gasteiger partial charge in [-0.05, 0) is 37.1 Å². The molecule has 130 valence electrons. The lowest BCUT2D eigenvalue weighted by Crippen LogP contribution is -2.07. The molecule has 4 N–H and O–H groups in total. The van der Waals surface area contributed by atoms with E-state index in [9.17, 15) is 5.26 Å². The molecule has 0 aliphatic rings. The van der Waals surface area contributed by atoms with Crippen molar-refractivity contribution in [2.45, 2.75) is 26.2 Å². The third kappa shape index (κ3) is 3.78. The molecule has 2 aromatic heterocycles. The first-order valence-electron chi connectivity index (χ1n) is 8.48. The first kappa shape index (κ1) is 17.4. The van der Waals surface area contributed by atoms with Crippen molar-refractivity contribution in [1.82, 2.24) is 15.0 Å². The molecule has 0 aliphatic carbocycles. The molecule has 0 atom stereocenters. The number of nitrogens with zero attached hydrogens (tertiary/aromatic N) is 4. The van der Waals surface area contributed by atoms with Gasteiger partial charge >= 0.3 is 0 Å². The quantitative estimate of drug-likeness (QED) is 0.688. The molecule has 0 amide bonds. The highest BCUT2D eigenvalue weighted by Crippen LogP contribution is 2.25. The number of aromatic nitrogens is 3. The van der Waals surface area contributed by atoms with Crippen molar-refractivity contribution < 1.29 is 0 Å². The number of aryl methyl sites for hydroxylation is 3. The molecule has 0 radical (unpaired) electrons. The minimum absolute atomic E-state index is 0.194. The summed E-state index contributed by atoms with van der Waals surface area (Å²) in [5, 5.41) is 9.43. The summed E-state index contributed by atoms with van der Waals surface area (Å²) in [6.07, 6.45) is 2.20. The largest absolute Gasteiger partial charge is 0.399 e. The molecule has 0 saturated carbocycles. The van der Waals surface area contributed by atoms with E-state index in [-0.39, 0.29) is 11.4 Å². The van der Waals surface area contributed by atoms with Crippen LogP contribution in [0.15, 0.2) is 42.5 Å². The summed E-state index contributed by atoms with van der Waals surface area (Å²) in [4.78, 5) is 13.5. The van der Waals surface area contributed by atoms with Gasteiger partial charge in [0.1, 0.15) is 23.3 Å². The molecule has 3 rings (SSSR count). The Morgan fingerprint density at radius 2 is 1.65 bits per heavy atom. The van der Waals surface area contributed by atoms with Crippen LogP contribution in [0.4, 0.5) is 11.5 Å². The van der Waals surface area contributed by atoms with E-state index in [2.05, 4.69) is 27.9 Å². The van der Waals surface area contributed by atoms with Gasteiger partial charge < -0.3 is 11.5 Å². The number of hydrogen-bond donors (Lipinski definition) is 2. The number of hydrogen-bond acceptors (Lipinski definition) is 6. The SMILES string of the molecule is CCc1cccc(CCc2nc(N)c(C#N)c(-c3ccc(N)cc3)n2)n1. The second-order valence-electron chi connectivity index (χ2n) is 5.96. The predicted molar refractivity (Wildman–Crippen MR) is 102 cm³/mol. The van der Waals surface area contributed by atoms with Gasteiger partial charge in [0, 0.05) is 29.1 Å². The number of nitrogens with two attached hydrogens (primary N) is 2. The van der Waals surface area contributed by atoms with E-state index in [0.717, 1.165) is 23.4 Å². The highest BCUT2D eigenvalue weighted by atomic mass is 15.0. The number of rotatable bonds is 5. The molecule has 26 heavy (non-hydrogen) atoms. The fourth-order valence-corrected chi connectivity index (χ4v) is 2.70. The zero-order chi connectivity index (χ0) is 18.5. The van der Waals surface area contributed by atoms with E-state index in [1.54, 1.807) is 12.1 Å². The van der Waals surface area contributed by atoms with Crippen LogP contribution in [0.1, 0.15) is 29.7 Å². The Hall–Kier alpha value is -3.46. The Bertz CT molecular complexity index is 957. The van der Waals surface area contributed by atoms with E-state index in [0.29, 0.717) is 30.0 Å². The average molecular weight is 344 g/mol. The van der Waals surface area contributed by atoms with Crippen LogP contribution >= 0.6 is 0 Å². The summed E-state index contributed by atoms with van der Waals surface area (Å²) in [6.45, 7) is 2.08. The molecule has 0 fully saturated rings. The molecule has 0 unspecified atom stereocenters. The Morgan fingerprint density at radius 1 is 0.923 bits per heavy atom. The predicted octanol–water partition coefficient (Wildman–Crippen LogP) is 2.92. The Balaban J connectivity index is 1.91. The highest BCUT2D eigenvalue weighted by molar-refractivity contribution is 5.72. The van der Waals surface area contributed by atoms with E-state index in [1.807, 2.05) is 30.3 Å². The van der Waals surface area contributed by atoms with Gasteiger partial charge in [-0.1, -0.05) is 25.1 Å². The molecule has 3 aromatic rings. The summed E-state index contributed by atoms with van der Waals surface area (Å²) in [6, 6.07) is 15.3. The van der Waals surface area contributed by atoms with Gasteiger partial charge in [-0.3, -0.25) is 4.98 Å². The summed E-state index contributed by atoms with van der Waals surface area (Å²) in [5.74, 6) is 0.789. The van der Waals surface area contributed by atoms with Gasteiger partial charge in [0.25, 0.3) is 0 Å². The summed E-state index contributed by atoms with van der Waals surface area (Å²) in [7, 11) is 0. The molecular weight excluding hydrogens is 324 g/mol. The molecule has 2 heterocycles. The number of pyridine rings is 1. The molecular formula is C20H20N6. The third-order valence-electron chi connectivity index (χ3n) is 4.11. The lowest BCUT2D eigenvalue weighted by Gasteiger charge is -2.09. The maximum Gasteiger partial charge on any atom is 0.145 e. The van der Waals surface area contributed by atoms with Crippen molar-refractivity contribution in [2.75, 3.05) is 11.5 Å². The van der Waals surface area contributed by atoms with Crippen molar-refractivity contribution >= 4 is 11.5 Å². The maximum absolute atomic E-state index is 9.43. The zero-order valence-corrected chi connectivity index (χ0v) is 14.6. The van der Waals surface area contributed by atoms with Crippen LogP contribution in [0.2, 0.25) is 0 Å². The Kier molecular flexibility index (Phi) is 5.09. The molecule has 1 aromatic carbocycles. The van der Waals surface area contributed by atoms with E-state index < -0.39 is 0 Å². The molecule has 0 saturated heterocycles. The first-order chi connectivity index (χ1) is 12.6. The van der Waals surface area contributed by atoms with E-state index >= 15 is 0 Å². The average Bonchev–Trinajstić information content (AvgIpc) is 2.66. The van der Waals surface area contributed by atoms with Crippen LogP contribution < -0.4 is 11.5 Å². The van der Waals surface area contributed by atoms with Crippen LogP contribution in [0.3, 0.4) is 0 Å². The third-order valence-corrected chi connectivity index (χ3v) is 4.11. The van der Waals surface area contributed by atoms with Crippen molar-refractivity contribution in [3.05, 3.63) is 65.2 Å². The number of benzene rings is 1. The standard InChI is InChI=1S/C20H20N6/c1-2-15-4-3-5-16(24-15)10-11-18-25-19(17(12-21)20(23)26-18)13-6-8-14(22)9-7-13/h3-9H,2,10-11,22H2,1H3,(H2,23,25,26). The molecule has 6 nitrogen and oxygen atoms in total. The number of nitriles is 1. The van der Waals surface area contributed by atoms with Crippen LogP contribution in [-0.2, 0) is 19.3 Å². The maximum atomic E-state index is 9.43. The fourth-order valence-electron chi connectivity index (χ4n) is 2.70. The second kappa shape index (κ2) is 7.62. The second-order valence-corrected chi connectivity index (χ2v) is 5.96.